The van der Waals surface area contributed by atoms with E-state index in [0.717, 1.165) is 0 Å². The summed E-state index contributed by atoms with van der Waals surface area (Å²) in [5.74, 6) is 4.82. The highest BCUT2D eigenvalue weighted by atomic mass is 16.5. The van der Waals surface area contributed by atoms with Crippen molar-refractivity contribution in [1.29, 1.82) is 0 Å². The summed E-state index contributed by atoms with van der Waals surface area (Å²) in [4.78, 5) is 13.1. The molecule has 90 valence electrons. The SMILES string of the molecule is CCC(C(=O)NN)N(C)CC(O)COC. The fourth-order valence-corrected chi connectivity index (χ4v) is 1.50. The lowest BCUT2D eigenvalue weighted by molar-refractivity contribution is -0.126. The van der Waals surface area contributed by atoms with Gasteiger partial charge in [0.05, 0.1) is 18.8 Å². The molecule has 0 aromatic carbocycles. The average Bonchev–Trinajstić information content (AvgIpc) is 2.18. The molecule has 0 saturated heterocycles. The lowest BCUT2D eigenvalue weighted by Gasteiger charge is -2.27. The molecule has 0 aromatic rings. The van der Waals surface area contributed by atoms with Crippen LogP contribution in [0.3, 0.4) is 0 Å². The van der Waals surface area contributed by atoms with E-state index in [-0.39, 0.29) is 18.6 Å². The predicted molar refractivity (Wildman–Crippen MR) is 56.9 cm³/mol. The third kappa shape index (κ3) is 5.08. The summed E-state index contributed by atoms with van der Waals surface area (Å²) < 4.78 is 4.80. The van der Waals surface area contributed by atoms with Crippen LogP contribution in [0.4, 0.5) is 0 Å². The highest BCUT2D eigenvalue weighted by Crippen LogP contribution is 2.02. The third-order valence-corrected chi connectivity index (χ3v) is 2.22. The Kier molecular flexibility index (Phi) is 7.23. The second kappa shape index (κ2) is 7.58. The molecule has 0 bridgehead atoms. The number of rotatable bonds is 7. The molecule has 4 N–H and O–H groups in total. The van der Waals surface area contributed by atoms with Gasteiger partial charge in [0.1, 0.15) is 0 Å². The summed E-state index contributed by atoms with van der Waals surface area (Å²) in [6.45, 7) is 2.52. The van der Waals surface area contributed by atoms with E-state index in [2.05, 4.69) is 5.43 Å². The Bertz CT molecular complexity index is 189. The van der Waals surface area contributed by atoms with Gasteiger partial charge in [0, 0.05) is 13.7 Å². The standard InChI is InChI=1S/C9H21N3O3/c1-4-8(9(14)11-10)12(2)5-7(13)6-15-3/h7-8,13H,4-6,10H2,1-3H3,(H,11,14). The number of ether oxygens (including phenoxy) is 1. The van der Waals surface area contributed by atoms with Gasteiger partial charge in [-0.1, -0.05) is 6.92 Å². The predicted octanol–water partition coefficient (Wildman–Crippen LogP) is -1.31. The van der Waals surface area contributed by atoms with Crippen LogP contribution in [0.15, 0.2) is 0 Å². The van der Waals surface area contributed by atoms with E-state index in [9.17, 15) is 9.90 Å². The number of methoxy groups -OCH3 is 1. The van der Waals surface area contributed by atoms with Gasteiger partial charge < -0.3 is 9.84 Å². The number of hydrazine groups is 1. The Morgan fingerprint density at radius 3 is 2.67 bits per heavy atom. The van der Waals surface area contributed by atoms with Gasteiger partial charge in [-0.3, -0.25) is 15.1 Å². The molecule has 1 amide bonds. The van der Waals surface area contributed by atoms with Gasteiger partial charge >= 0.3 is 0 Å². The Morgan fingerprint density at radius 2 is 2.27 bits per heavy atom. The highest BCUT2D eigenvalue weighted by molar-refractivity contribution is 5.80. The Hall–Kier alpha value is -0.690. The van der Waals surface area contributed by atoms with Crippen molar-refractivity contribution in [2.75, 3.05) is 27.3 Å². The number of amides is 1. The zero-order valence-corrected chi connectivity index (χ0v) is 9.56. The molecule has 15 heavy (non-hydrogen) atoms. The summed E-state index contributed by atoms with van der Waals surface area (Å²) in [5, 5.41) is 9.49. The normalized spacial score (nSPS) is 15.1. The molecule has 2 unspecified atom stereocenters. The van der Waals surface area contributed by atoms with Crippen molar-refractivity contribution in [3.8, 4) is 0 Å². The minimum absolute atomic E-state index is 0.246. The Morgan fingerprint density at radius 1 is 1.67 bits per heavy atom. The van der Waals surface area contributed by atoms with E-state index < -0.39 is 6.10 Å². The van der Waals surface area contributed by atoms with Crippen molar-refractivity contribution in [1.82, 2.24) is 10.3 Å². The van der Waals surface area contributed by atoms with Crippen LogP contribution in [-0.4, -0.2) is 55.4 Å². The number of nitrogens with zero attached hydrogens (tertiary/aromatic N) is 1. The van der Waals surface area contributed by atoms with Crippen LogP contribution in [0.5, 0.6) is 0 Å². The van der Waals surface area contributed by atoms with E-state index in [1.165, 1.54) is 7.11 Å². The molecular weight excluding hydrogens is 198 g/mol. The van der Waals surface area contributed by atoms with Crippen molar-refractivity contribution >= 4 is 5.91 Å². The smallest absolute Gasteiger partial charge is 0.251 e. The summed E-state index contributed by atoms with van der Waals surface area (Å²) in [5.41, 5.74) is 2.11. The number of aliphatic hydroxyl groups excluding tert-OH is 1. The van der Waals surface area contributed by atoms with Crippen LogP contribution in [-0.2, 0) is 9.53 Å². The number of aliphatic hydroxyl groups is 1. The molecule has 2 atom stereocenters. The molecule has 6 heteroatoms. The number of nitrogens with two attached hydrogens (primary N) is 1. The van der Waals surface area contributed by atoms with Crippen molar-refractivity contribution in [2.24, 2.45) is 5.84 Å². The molecule has 0 heterocycles. The molecule has 0 spiro atoms. The molecule has 0 aromatic heterocycles. The number of carbonyl (C=O) groups is 1. The van der Waals surface area contributed by atoms with Crippen LogP contribution < -0.4 is 11.3 Å². The average molecular weight is 219 g/mol. The van der Waals surface area contributed by atoms with Crippen LogP contribution >= 0.6 is 0 Å². The third-order valence-electron chi connectivity index (χ3n) is 2.22. The van der Waals surface area contributed by atoms with Crippen molar-refractivity contribution in [3.05, 3.63) is 0 Å². The molecule has 0 fully saturated rings. The van der Waals surface area contributed by atoms with Gasteiger partial charge in [0.25, 0.3) is 5.91 Å². The number of carbonyl (C=O) groups excluding carboxylic acids is 1. The molecular formula is C9H21N3O3. The lowest BCUT2D eigenvalue weighted by atomic mass is 10.1. The Labute approximate surface area is 90.3 Å². The summed E-state index contributed by atoms with van der Waals surface area (Å²) in [6, 6.07) is -0.318. The maximum atomic E-state index is 11.3. The first-order valence-corrected chi connectivity index (χ1v) is 4.94. The summed E-state index contributed by atoms with van der Waals surface area (Å²) in [6.07, 6.45) is 0.0406. The fraction of sp³-hybridized carbons (Fsp3) is 0.889. The second-order valence-corrected chi connectivity index (χ2v) is 3.48. The number of nitrogens with one attached hydrogen (secondary N) is 1. The quantitative estimate of drug-likeness (QED) is 0.281. The van der Waals surface area contributed by atoms with Crippen LogP contribution in [0.2, 0.25) is 0 Å². The van der Waals surface area contributed by atoms with Gasteiger partial charge in [-0.25, -0.2) is 5.84 Å². The topological polar surface area (TPSA) is 87.8 Å². The van der Waals surface area contributed by atoms with E-state index in [1.807, 2.05) is 6.92 Å². The first kappa shape index (κ1) is 14.3. The van der Waals surface area contributed by atoms with Crippen LogP contribution in [0.1, 0.15) is 13.3 Å². The first-order valence-electron chi connectivity index (χ1n) is 4.94. The molecule has 0 aliphatic carbocycles. The zero-order chi connectivity index (χ0) is 11.8. The van der Waals surface area contributed by atoms with Crippen molar-refractivity contribution in [2.45, 2.75) is 25.5 Å². The van der Waals surface area contributed by atoms with E-state index >= 15 is 0 Å². The van der Waals surface area contributed by atoms with E-state index in [4.69, 9.17) is 10.6 Å². The number of likely N-dealkylation sites (N-methyl/N-ethyl adjacent to an activating group) is 1. The molecule has 0 saturated carbocycles. The molecule has 0 aliphatic heterocycles. The highest BCUT2D eigenvalue weighted by Gasteiger charge is 2.22. The maximum absolute atomic E-state index is 11.3. The second-order valence-electron chi connectivity index (χ2n) is 3.48. The first-order chi connectivity index (χ1) is 7.06. The monoisotopic (exact) mass is 219 g/mol. The van der Waals surface area contributed by atoms with Crippen molar-refractivity contribution in [3.63, 3.8) is 0 Å². The minimum atomic E-state index is -0.598. The zero-order valence-electron chi connectivity index (χ0n) is 9.56. The van der Waals surface area contributed by atoms with E-state index in [1.54, 1.807) is 11.9 Å². The number of hydrogen-bond donors (Lipinski definition) is 3. The molecule has 0 radical (unpaired) electrons. The van der Waals surface area contributed by atoms with Gasteiger partial charge in [-0.15, -0.1) is 0 Å². The van der Waals surface area contributed by atoms with Gasteiger partial charge in [-0.05, 0) is 13.5 Å². The summed E-state index contributed by atoms with van der Waals surface area (Å²) >= 11 is 0. The lowest BCUT2D eigenvalue weighted by Crippen LogP contribution is -2.49. The van der Waals surface area contributed by atoms with Gasteiger partial charge in [-0.2, -0.15) is 0 Å². The minimum Gasteiger partial charge on any atom is -0.389 e. The molecule has 0 rings (SSSR count). The Balaban J connectivity index is 4.14. The maximum Gasteiger partial charge on any atom is 0.251 e. The van der Waals surface area contributed by atoms with Gasteiger partial charge in [0.15, 0.2) is 0 Å². The number of hydrogen-bond acceptors (Lipinski definition) is 5. The largest absolute Gasteiger partial charge is 0.389 e. The van der Waals surface area contributed by atoms with Crippen LogP contribution in [0, 0.1) is 0 Å². The van der Waals surface area contributed by atoms with E-state index in [0.29, 0.717) is 13.0 Å². The molecule has 0 aliphatic rings. The molecule has 6 nitrogen and oxygen atoms in total. The van der Waals surface area contributed by atoms with Crippen LogP contribution in [0.25, 0.3) is 0 Å². The van der Waals surface area contributed by atoms with Gasteiger partial charge in [0.2, 0.25) is 0 Å². The fourth-order valence-electron chi connectivity index (χ4n) is 1.50. The summed E-state index contributed by atoms with van der Waals surface area (Å²) in [7, 11) is 3.29. The van der Waals surface area contributed by atoms with Crippen molar-refractivity contribution < 1.29 is 14.6 Å².